The van der Waals surface area contributed by atoms with E-state index in [1.807, 2.05) is 0 Å². The molecule has 0 aliphatic heterocycles. The zero-order valence-electron chi connectivity index (χ0n) is 5.64. The van der Waals surface area contributed by atoms with Crippen molar-refractivity contribution < 1.29 is 15.1 Å². The second kappa shape index (κ2) is 5.33. The maximum absolute atomic E-state index is 10.1. The highest BCUT2D eigenvalue weighted by molar-refractivity contribution is 5.85. The minimum absolute atomic E-state index is 0.0810. The summed E-state index contributed by atoms with van der Waals surface area (Å²) in [7, 11) is 0. The van der Waals surface area contributed by atoms with E-state index in [1.54, 1.807) is 12.1 Å². The maximum atomic E-state index is 10.1. The molecule has 1 aromatic rings. The van der Waals surface area contributed by atoms with Crippen LogP contribution in [0.15, 0.2) is 24.4 Å². The van der Waals surface area contributed by atoms with Crippen LogP contribution in [0, 0.1) is 0 Å². The van der Waals surface area contributed by atoms with Crippen LogP contribution in [0.2, 0.25) is 0 Å². The highest BCUT2D eigenvalue weighted by Gasteiger charge is 1.98. The fourth-order valence-electron chi connectivity index (χ4n) is 0.489. The molecule has 0 bridgehead atoms. The average molecular weight is 156 g/mol. The lowest BCUT2D eigenvalue weighted by Crippen LogP contribution is -1.97. The standard InChI is InChI=1S/C6H5NO2.H3NO/c8-6(9)5-3-1-2-4-7-5;1-2/h1-4H,(H,8,9);2H,1H2. The third-order valence-electron chi connectivity index (χ3n) is 0.884. The quantitative estimate of drug-likeness (QED) is 0.501. The van der Waals surface area contributed by atoms with Crippen molar-refractivity contribution in [3.05, 3.63) is 30.1 Å². The Labute approximate surface area is 63.1 Å². The van der Waals surface area contributed by atoms with Gasteiger partial charge >= 0.3 is 5.97 Å². The van der Waals surface area contributed by atoms with Crippen molar-refractivity contribution in [1.82, 2.24) is 4.98 Å². The predicted octanol–water partition coefficient (Wildman–Crippen LogP) is 0.114. The van der Waals surface area contributed by atoms with Gasteiger partial charge in [0, 0.05) is 6.20 Å². The number of hydrogen-bond acceptors (Lipinski definition) is 4. The lowest BCUT2D eigenvalue weighted by Gasteiger charge is -1.87. The van der Waals surface area contributed by atoms with E-state index in [4.69, 9.17) is 10.3 Å². The summed E-state index contributed by atoms with van der Waals surface area (Å²) >= 11 is 0. The molecule has 0 saturated carbocycles. The Morgan fingerprint density at radius 3 is 2.36 bits per heavy atom. The molecule has 5 heteroatoms. The number of carboxylic acids is 1. The Morgan fingerprint density at radius 1 is 1.45 bits per heavy atom. The van der Waals surface area contributed by atoms with E-state index in [0.29, 0.717) is 0 Å². The Bertz CT molecular complexity index is 212. The predicted molar refractivity (Wildman–Crippen MR) is 37.2 cm³/mol. The van der Waals surface area contributed by atoms with Crippen LogP contribution in [0.25, 0.3) is 0 Å². The van der Waals surface area contributed by atoms with E-state index in [-0.39, 0.29) is 5.69 Å². The summed E-state index contributed by atoms with van der Waals surface area (Å²) in [6.07, 6.45) is 1.45. The van der Waals surface area contributed by atoms with Crippen LogP contribution < -0.4 is 5.90 Å². The van der Waals surface area contributed by atoms with E-state index in [2.05, 4.69) is 10.9 Å². The number of rotatable bonds is 1. The van der Waals surface area contributed by atoms with Gasteiger partial charge in [-0.3, -0.25) is 0 Å². The first kappa shape index (κ1) is 9.54. The molecule has 1 heterocycles. The molecule has 1 aromatic heterocycles. The lowest BCUT2D eigenvalue weighted by atomic mass is 10.4. The molecule has 60 valence electrons. The molecule has 0 aliphatic rings. The van der Waals surface area contributed by atoms with E-state index in [9.17, 15) is 4.79 Å². The van der Waals surface area contributed by atoms with Crippen molar-refractivity contribution in [3.63, 3.8) is 0 Å². The summed E-state index contributed by atoms with van der Waals surface area (Å²) in [5.74, 6) is 2.51. The Morgan fingerprint density at radius 2 is 2.09 bits per heavy atom. The summed E-state index contributed by atoms with van der Waals surface area (Å²) in [4.78, 5) is 13.7. The van der Waals surface area contributed by atoms with Gasteiger partial charge in [0.1, 0.15) is 5.69 Å². The van der Waals surface area contributed by atoms with E-state index < -0.39 is 5.97 Å². The molecule has 0 radical (unpaired) electrons. The molecule has 0 unspecified atom stereocenters. The first-order chi connectivity index (χ1) is 5.30. The molecule has 0 amide bonds. The molecule has 0 aromatic carbocycles. The van der Waals surface area contributed by atoms with Crippen LogP contribution in [0.1, 0.15) is 10.5 Å². The van der Waals surface area contributed by atoms with Gasteiger partial charge in [0.05, 0.1) is 0 Å². The first-order valence-electron chi connectivity index (χ1n) is 2.71. The van der Waals surface area contributed by atoms with Gasteiger partial charge < -0.3 is 10.3 Å². The molecule has 0 aliphatic carbocycles. The fraction of sp³-hybridized carbons (Fsp3) is 0. The van der Waals surface area contributed by atoms with Crippen LogP contribution >= 0.6 is 0 Å². The van der Waals surface area contributed by atoms with Gasteiger partial charge in [0.2, 0.25) is 0 Å². The molecule has 1 rings (SSSR count). The van der Waals surface area contributed by atoms with Crippen molar-refractivity contribution in [2.24, 2.45) is 5.90 Å². The first-order valence-corrected chi connectivity index (χ1v) is 2.71. The third kappa shape index (κ3) is 3.29. The van der Waals surface area contributed by atoms with Crippen LogP contribution in [-0.4, -0.2) is 21.3 Å². The van der Waals surface area contributed by atoms with Crippen LogP contribution in [0.4, 0.5) is 0 Å². The summed E-state index contributed by atoms with van der Waals surface area (Å²) in [5, 5.41) is 14.8. The number of carbonyl (C=O) groups is 1. The largest absolute Gasteiger partial charge is 0.477 e. The van der Waals surface area contributed by atoms with E-state index >= 15 is 0 Å². The number of aromatic carboxylic acids is 1. The minimum atomic E-state index is -0.990. The highest BCUT2D eigenvalue weighted by atomic mass is 16.4. The van der Waals surface area contributed by atoms with Crippen molar-refractivity contribution in [2.45, 2.75) is 0 Å². The zero-order valence-corrected chi connectivity index (χ0v) is 5.64. The number of hydrogen-bond donors (Lipinski definition) is 3. The topological polar surface area (TPSA) is 96.4 Å². The summed E-state index contributed by atoms with van der Waals surface area (Å²) in [6, 6.07) is 4.76. The smallest absolute Gasteiger partial charge is 0.354 e. The Hall–Kier alpha value is -1.46. The number of pyridine rings is 1. The normalized spacial score (nSPS) is 7.82. The van der Waals surface area contributed by atoms with Crippen LogP contribution in [0.3, 0.4) is 0 Å². The van der Waals surface area contributed by atoms with Gasteiger partial charge in [-0.1, -0.05) is 6.07 Å². The summed E-state index contributed by atoms with van der Waals surface area (Å²) in [5.41, 5.74) is 0.0810. The van der Waals surface area contributed by atoms with Gasteiger partial charge in [-0.25, -0.2) is 15.7 Å². The monoisotopic (exact) mass is 156 g/mol. The SMILES string of the molecule is NO.O=C(O)c1ccccn1. The minimum Gasteiger partial charge on any atom is -0.477 e. The molecule has 0 saturated heterocycles. The van der Waals surface area contributed by atoms with Crippen molar-refractivity contribution in [3.8, 4) is 0 Å². The Balaban J connectivity index is 0.000000461. The van der Waals surface area contributed by atoms with Crippen molar-refractivity contribution >= 4 is 5.97 Å². The maximum Gasteiger partial charge on any atom is 0.354 e. The van der Waals surface area contributed by atoms with Gasteiger partial charge in [-0.15, -0.1) is 0 Å². The molecule has 0 fully saturated rings. The number of aromatic nitrogens is 1. The second-order valence-corrected chi connectivity index (χ2v) is 1.52. The highest BCUT2D eigenvalue weighted by Crippen LogP contribution is 1.90. The molecule has 0 atom stereocenters. The molecule has 0 spiro atoms. The van der Waals surface area contributed by atoms with Gasteiger partial charge in [-0.05, 0) is 12.1 Å². The second-order valence-electron chi connectivity index (χ2n) is 1.52. The van der Waals surface area contributed by atoms with Gasteiger partial charge in [0.15, 0.2) is 0 Å². The zero-order chi connectivity index (χ0) is 8.69. The van der Waals surface area contributed by atoms with Crippen molar-refractivity contribution in [1.29, 1.82) is 0 Å². The molecule has 4 N–H and O–H groups in total. The van der Waals surface area contributed by atoms with Gasteiger partial charge in [0.25, 0.3) is 0 Å². The lowest BCUT2D eigenvalue weighted by molar-refractivity contribution is 0.0690. The van der Waals surface area contributed by atoms with Crippen molar-refractivity contribution in [2.75, 3.05) is 0 Å². The van der Waals surface area contributed by atoms with Crippen LogP contribution in [0.5, 0.6) is 0 Å². The molecule has 5 nitrogen and oxygen atoms in total. The number of nitrogens with zero attached hydrogens (tertiary/aromatic N) is 1. The van der Waals surface area contributed by atoms with Crippen LogP contribution in [-0.2, 0) is 0 Å². The third-order valence-corrected chi connectivity index (χ3v) is 0.884. The summed E-state index contributed by atoms with van der Waals surface area (Å²) < 4.78 is 0. The average Bonchev–Trinajstić information content (AvgIpc) is 2.10. The fourth-order valence-corrected chi connectivity index (χ4v) is 0.489. The molecular weight excluding hydrogens is 148 g/mol. The van der Waals surface area contributed by atoms with E-state index in [0.717, 1.165) is 0 Å². The van der Waals surface area contributed by atoms with Gasteiger partial charge in [-0.2, -0.15) is 0 Å². The number of nitrogens with two attached hydrogens (primary N) is 1. The molecule has 11 heavy (non-hydrogen) atoms. The molecular formula is C6H8N2O3. The summed E-state index contributed by atoms with van der Waals surface area (Å²) in [6.45, 7) is 0. The Kier molecular flexibility index (Phi) is 4.63. The number of carboxylic acid groups (broad SMARTS) is 1. The van der Waals surface area contributed by atoms with E-state index in [1.165, 1.54) is 12.3 Å².